The average molecular weight is 446 g/mol. The van der Waals surface area contributed by atoms with E-state index in [-0.39, 0.29) is 11.7 Å². The summed E-state index contributed by atoms with van der Waals surface area (Å²) in [5.74, 6) is 0.875. The second kappa shape index (κ2) is 9.06. The van der Waals surface area contributed by atoms with Gasteiger partial charge in [0.05, 0.1) is 5.75 Å². The zero-order valence-corrected chi connectivity index (χ0v) is 18.0. The highest BCUT2D eigenvalue weighted by Gasteiger charge is 2.22. The molecule has 0 unspecified atom stereocenters. The smallest absolute Gasteiger partial charge is 0.233 e. The molecule has 3 aromatic rings. The zero-order valence-electron chi connectivity index (χ0n) is 16.5. The minimum absolute atomic E-state index is 0.0785. The lowest BCUT2D eigenvalue weighted by molar-refractivity contribution is -0.128. The summed E-state index contributed by atoms with van der Waals surface area (Å²) in [6, 6.07) is 13.9. The van der Waals surface area contributed by atoms with E-state index < -0.39 is 0 Å². The van der Waals surface area contributed by atoms with Crippen molar-refractivity contribution < 1.29 is 9.18 Å². The summed E-state index contributed by atoms with van der Waals surface area (Å²) >= 11 is 7.33. The molecule has 0 aliphatic carbocycles. The Kier molecular flexibility index (Phi) is 6.24. The summed E-state index contributed by atoms with van der Waals surface area (Å²) < 4.78 is 15.0. The first-order valence-corrected chi connectivity index (χ1v) is 10.9. The molecule has 0 spiro atoms. The first-order chi connectivity index (χ1) is 14.5. The van der Waals surface area contributed by atoms with E-state index in [1.165, 1.54) is 23.9 Å². The van der Waals surface area contributed by atoms with Crippen LogP contribution in [0.15, 0.2) is 53.7 Å². The van der Waals surface area contributed by atoms with Crippen LogP contribution in [0.4, 0.5) is 10.1 Å². The Balaban J connectivity index is 1.31. The van der Waals surface area contributed by atoms with E-state index in [4.69, 9.17) is 11.6 Å². The molecule has 9 heteroatoms. The molecule has 0 atom stereocenters. The highest BCUT2D eigenvalue weighted by molar-refractivity contribution is 7.99. The van der Waals surface area contributed by atoms with E-state index >= 15 is 0 Å². The van der Waals surface area contributed by atoms with Gasteiger partial charge in [0.15, 0.2) is 11.0 Å². The molecule has 2 aromatic carbocycles. The molecular formula is C21H21ClFN5OS. The average Bonchev–Trinajstić information content (AvgIpc) is 3.13. The van der Waals surface area contributed by atoms with Gasteiger partial charge in [-0.25, -0.2) is 4.39 Å². The summed E-state index contributed by atoms with van der Waals surface area (Å²) in [6.45, 7) is 2.75. The van der Waals surface area contributed by atoms with Crippen LogP contribution < -0.4 is 4.90 Å². The second-order valence-corrected chi connectivity index (χ2v) is 8.38. The van der Waals surface area contributed by atoms with Crippen LogP contribution in [-0.2, 0) is 11.8 Å². The monoisotopic (exact) mass is 445 g/mol. The van der Waals surface area contributed by atoms with Gasteiger partial charge >= 0.3 is 0 Å². The Morgan fingerprint density at radius 1 is 1.03 bits per heavy atom. The first kappa shape index (κ1) is 20.7. The number of aromatic nitrogens is 3. The van der Waals surface area contributed by atoms with E-state index in [0.29, 0.717) is 29.0 Å². The van der Waals surface area contributed by atoms with Gasteiger partial charge in [0.1, 0.15) is 5.82 Å². The van der Waals surface area contributed by atoms with Crippen LogP contribution in [0.5, 0.6) is 0 Å². The molecule has 0 saturated carbocycles. The highest BCUT2D eigenvalue weighted by Crippen LogP contribution is 2.24. The largest absolute Gasteiger partial charge is 0.368 e. The van der Waals surface area contributed by atoms with Crippen LogP contribution in [0.25, 0.3) is 11.4 Å². The van der Waals surface area contributed by atoms with Gasteiger partial charge in [-0.3, -0.25) is 4.79 Å². The number of anilines is 1. The minimum Gasteiger partial charge on any atom is -0.368 e. The van der Waals surface area contributed by atoms with Crippen molar-refractivity contribution in [3.05, 3.63) is 59.4 Å². The van der Waals surface area contributed by atoms with Gasteiger partial charge in [0.25, 0.3) is 0 Å². The number of nitrogens with zero attached hydrogens (tertiary/aromatic N) is 5. The van der Waals surface area contributed by atoms with E-state index in [1.807, 2.05) is 40.8 Å². The summed E-state index contributed by atoms with van der Waals surface area (Å²) in [6.07, 6.45) is 0. The Hall–Kier alpha value is -2.58. The molecule has 0 radical (unpaired) electrons. The van der Waals surface area contributed by atoms with Gasteiger partial charge < -0.3 is 14.4 Å². The summed E-state index contributed by atoms with van der Waals surface area (Å²) in [5, 5.41) is 9.83. The number of hydrogen-bond acceptors (Lipinski definition) is 5. The van der Waals surface area contributed by atoms with Gasteiger partial charge in [0.2, 0.25) is 5.91 Å². The van der Waals surface area contributed by atoms with Crippen LogP contribution in [0.3, 0.4) is 0 Å². The maximum atomic E-state index is 13.1. The Labute approximate surface area is 183 Å². The number of hydrogen-bond donors (Lipinski definition) is 0. The van der Waals surface area contributed by atoms with Crippen molar-refractivity contribution in [3.63, 3.8) is 0 Å². The normalized spacial score (nSPS) is 14.2. The van der Waals surface area contributed by atoms with Crippen LogP contribution in [0, 0.1) is 5.82 Å². The lowest BCUT2D eigenvalue weighted by atomic mass is 10.2. The number of piperazine rings is 1. The van der Waals surface area contributed by atoms with E-state index in [9.17, 15) is 9.18 Å². The molecule has 30 heavy (non-hydrogen) atoms. The SMILES string of the molecule is Cn1c(SCC(=O)N2CCN(c3ccc(F)cc3)CC2)nnc1-c1ccc(Cl)cc1. The molecule has 1 aliphatic rings. The summed E-state index contributed by atoms with van der Waals surface area (Å²) in [5.41, 5.74) is 1.90. The van der Waals surface area contributed by atoms with Crippen molar-refractivity contribution in [2.24, 2.45) is 7.05 Å². The van der Waals surface area contributed by atoms with Crippen LogP contribution >= 0.6 is 23.4 Å². The number of halogens is 2. The van der Waals surface area contributed by atoms with Gasteiger partial charge in [-0.15, -0.1) is 10.2 Å². The summed E-state index contributed by atoms with van der Waals surface area (Å²) in [7, 11) is 1.89. The zero-order chi connectivity index (χ0) is 21.1. The third kappa shape index (κ3) is 4.60. The Bertz CT molecular complexity index is 1020. The molecule has 6 nitrogen and oxygen atoms in total. The number of thioether (sulfide) groups is 1. The maximum absolute atomic E-state index is 13.1. The van der Waals surface area contributed by atoms with Crippen LogP contribution in [-0.4, -0.2) is 57.5 Å². The molecule has 0 bridgehead atoms. The number of amides is 1. The van der Waals surface area contributed by atoms with Crippen molar-refractivity contribution in [2.75, 3.05) is 36.8 Å². The number of rotatable bonds is 5. The van der Waals surface area contributed by atoms with Gasteiger partial charge in [0, 0.05) is 49.5 Å². The third-order valence-corrected chi connectivity index (χ3v) is 6.34. The van der Waals surface area contributed by atoms with Crippen molar-refractivity contribution in [2.45, 2.75) is 5.16 Å². The van der Waals surface area contributed by atoms with E-state index in [1.54, 1.807) is 12.1 Å². The fraction of sp³-hybridized carbons (Fsp3) is 0.286. The van der Waals surface area contributed by atoms with Crippen LogP contribution in [0.1, 0.15) is 0 Å². The molecule has 1 aromatic heterocycles. The van der Waals surface area contributed by atoms with Crippen molar-refractivity contribution in [3.8, 4) is 11.4 Å². The van der Waals surface area contributed by atoms with E-state index in [0.717, 1.165) is 30.2 Å². The Morgan fingerprint density at radius 2 is 1.70 bits per heavy atom. The quantitative estimate of drug-likeness (QED) is 0.560. The lowest BCUT2D eigenvalue weighted by Gasteiger charge is -2.36. The second-order valence-electron chi connectivity index (χ2n) is 7.01. The molecule has 1 fully saturated rings. The Morgan fingerprint density at radius 3 is 2.37 bits per heavy atom. The molecule has 1 amide bonds. The first-order valence-electron chi connectivity index (χ1n) is 9.57. The maximum Gasteiger partial charge on any atom is 0.233 e. The fourth-order valence-corrected chi connectivity index (χ4v) is 4.31. The molecule has 1 saturated heterocycles. The van der Waals surface area contributed by atoms with Crippen molar-refractivity contribution >= 4 is 35.0 Å². The summed E-state index contributed by atoms with van der Waals surface area (Å²) in [4.78, 5) is 16.7. The van der Waals surface area contributed by atoms with Gasteiger partial charge in [-0.2, -0.15) is 0 Å². The molecule has 0 N–H and O–H groups in total. The van der Waals surface area contributed by atoms with E-state index in [2.05, 4.69) is 15.1 Å². The molecular weight excluding hydrogens is 425 g/mol. The van der Waals surface area contributed by atoms with Crippen molar-refractivity contribution in [1.82, 2.24) is 19.7 Å². The fourth-order valence-electron chi connectivity index (χ4n) is 3.37. The standard InChI is InChI=1S/C21H21ClFN5OS/c1-26-20(15-2-4-16(22)5-3-15)24-25-21(26)30-14-19(29)28-12-10-27(11-13-28)18-8-6-17(23)7-9-18/h2-9H,10-14H2,1H3. The topological polar surface area (TPSA) is 54.3 Å². The predicted octanol–water partition coefficient (Wildman–Crippen LogP) is 3.72. The van der Waals surface area contributed by atoms with Crippen LogP contribution in [0.2, 0.25) is 5.02 Å². The highest BCUT2D eigenvalue weighted by atomic mass is 35.5. The number of carbonyl (C=O) groups excluding carboxylic acids is 1. The number of carbonyl (C=O) groups is 1. The molecule has 1 aliphatic heterocycles. The molecule has 4 rings (SSSR count). The molecule has 2 heterocycles. The number of benzene rings is 2. The molecule has 156 valence electrons. The van der Waals surface area contributed by atoms with Crippen molar-refractivity contribution in [1.29, 1.82) is 0 Å². The predicted molar refractivity (Wildman–Crippen MR) is 117 cm³/mol. The third-order valence-electron chi connectivity index (χ3n) is 5.09. The van der Waals surface area contributed by atoms with Gasteiger partial charge in [-0.1, -0.05) is 23.4 Å². The lowest BCUT2D eigenvalue weighted by Crippen LogP contribution is -2.49. The van der Waals surface area contributed by atoms with Gasteiger partial charge in [-0.05, 0) is 48.5 Å². The minimum atomic E-state index is -0.243.